The van der Waals surface area contributed by atoms with Gasteiger partial charge in [0.1, 0.15) is 0 Å². The first kappa shape index (κ1) is 12.9. The molecule has 4 nitrogen and oxygen atoms in total. The number of nitrogen functional groups attached to an aromatic ring is 1. The Labute approximate surface area is 114 Å². The lowest BCUT2D eigenvalue weighted by Crippen LogP contribution is -2.32. The summed E-state index contributed by atoms with van der Waals surface area (Å²) in [5.74, 6) is 0.806. The Kier molecular flexibility index (Phi) is 3.06. The van der Waals surface area contributed by atoms with Crippen LogP contribution in [0.25, 0.3) is 0 Å². The summed E-state index contributed by atoms with van der Waals surface area (Å²) in [6.07, 6.45) is 4.92. The summed E-state index contributed by atoms with van der Waals surface area (Å²) in [5.41, 5.74) is 7.32. The second-order valence-electron chi connectivity index (χ2n) is 5.96. The van der Waals surface area contributed by atoms with Crippen LogP contribution in [0.5, 0.6) is 0 Å². The third-order valence-electron chi connectivity index (χ3n) is 4.32. The summed E-state index contributed by atoms with van der Waals surface area (Å²) in [7, 11) is -3.24. The van der Waals surface area contributed by atoms with Gasteiger partial charge in [-0.1, -0.05) is 12.1 Å². The van der Waals surface area contributed by atoms with Crippen LogP contribution in [0.4, 0.5) is 5.69 Å². The number of hydrogen-bond acceptors (Lipinski definition) is 3. The number of rotatable bonds is 6. The van der Waals surface area contributed by atoms with Crippen LogP contribution in [-0.4, -0.2) is 15.0 Å². The molecule has 2 aliphatic carbocycles. The summed E-state index contributed by atoms with van der Waals surface area (Å²) in [4.78, 5) is 0. The second-order valence-corrected chi connectivity index (χ2v) is 7.77. The van der Waals surface area contributed by atoms with Crippen LogP contribution in [0.15, 0.2) is 24.3 Å². The highest BCUT2D eigenvalue weighted by atomic mass is 32.2. The van der Waals surface area contributed by atoms with E-state index < -0.39 is 10.0 Å². The molecule has 0 atom stereocenters. The second kappa shape index (κ2) is 4.49. The smallest absolute Gasteiger partial charge is 0.215 e. The summed E-state index contributed by atoms with van der Waals surface area (Å²) in [6, 6.07) is 7.00. The van der Waals surface area contributed by atoms with E-state index in [1.165, 1.54) is 25.7 Å². The van der Waals surface area contributed by atoms with Gasteiger partial charge in [0.05, 0.1) is 5.75 Å². The van der Waals surface area contributed by atoms with Crippen molar-refractivity contribution in [3.63, 3.8) is 0 Å². The van der Waals surface area contributed by atoms with Crippen molar-refractivity contribution < 1.29 is 8.42 Å². The van der Waals surface area contributed by atoms with Gasteiger partial charge in [-0.15, -0.1) is 0 Å². The van der Waals surface area contributed by atoms with Crippen LogP contribution in [0.3, 0.4) is 0 Å². The number of nitrogens with two attached hydrogens (primary N) is 1. The van der Waals surface area contributed by atoms with E-state index >= 15 is 0 Å². The molecule has 0 heterocycles. The largest absolute Gasteiger partial charge is 0.399 e. The van der Waals surface area contributed by atoms with E-state index in [1.807, 2.05) is 0 Å². The van der Waals surface area contributed by atoms with Gasteiger partial charge in [-0.2, -0.15) is 0 Å². The molecule has 0 saturated heterocycles. The Morgan fingerprint density at radius 3 is 2.37 bits per heavy atom. The number of hydrogen-bond donors (Lipinski definition) is 2. The molecule has 0 aromatic heterocycles. The van der Waals surface area contributed by atoms with Crippen LogP contribution >= 0.6 is 0 Å². The summed E-state index contributed by atoms with van der Waals surface area (Å²) < 4.78 is 26.9. The first-order valence-electron chi connectivity index (χ1n) is 6.81. The number of sulfonamides is 1. The molecule has 0 radical (unpaired) electrons. The minimum absolute atomic E-state index is 0.0357. The standard InChI is InChI=1S/C14H20N2O2S/c15-13-5-1-11(2-6-13)9-19(17,18)16-10-14(7-8-14)12-3-4-12/h1-2,5-6,12,16H,3-4,7-10,15H2. The van der Waals surface area contributed by atoms with Gasteiger partial charge in [-0.3, -0.25) is 0 Å². The summed E-state index contributed by atoms with van der Waals surface area (Å²) in [6.45, 7) is 0.620. The zero-order chi connectivity index (χ0) is 13.5. The molecule has 0 unspecified atom stereocenters. The van der Waals surface area contributed by atoms with Gasteiger partial charge in [0.2, 0.25) is 10.0 Å². The molecule has 1 aromatic carbocycles. The van der Waals surface area contributed by atoms with E-state index in [9.17, 15) is 8.42 Å². The van der Waals surface area contributed by atoms with E-state index in [4.69, 9.17) is 5.73 Å². The first-order valence-corrected chi connectivity index (χ1v) is 8.46. The van der Waals surface area contributed by atoms with Gasteiger partial charge < -0.3 is 5.73 Å². The monoisotopic (exact) mass is 280 g/mol. The summed E-state index contributed by atoms with van der Waals surface area (Å²) >= 11 is 0. The average Bonchev–Trinajstić information content (AvgIpc) is 3.23. The fourth-order valence-corrected chi connectivity index (χ4v) is 3.96. The van der Waals surface area contributed by atoms with Gasteiger partial charge in [-0.05, 0) is 54.7 Å². The van der Waals surface area contributed by atoms with Crippen molar-refractivity contribution in [2.75, 3.05) is 12.3 Å². The quantitative estimate of drug-likeness (QED) is 0.781. The molecular formula is C14H20N2O2S. The van der Waals surface area contributed by atoms with Crippen molar-refractivity contribution >= 4 is 15.7 Å². The zero-order valence-corrected chi connectivity index (χ0v) is 11.7. The molecule has 3 rings (SSSR count). The molecule has 5 heteroatoms. The molecule has 3 N–H and O–H groups in total. The lowest BCUT2D eigenvalue weighted by molar-refractivity contribution is 0.431. The molecule has 1 aromatic rings. The summed E-state index contributed by atoms with van der Waals surface area (Å²) in [5, 5.41) is 0. The van der Waals surface area contributed by atoms with E-state index in [0.29, 0.717) is 17.6 Å². The predicted molar refractivity (Wildman–Crippen MR) is 75.9 cm³/mol. The van der Waals surface area contributed by atoms with Gasteiger partial charge in [0, 0.05) is 12.2 Å². The molecule has 19 heavy (non-hydrogen) atoms. The lowest BCUT2D eigenvalue weighted by Gasteiger charge is -2.15. The number of benzene rings is 1. The maximum atomic E-state index is 12.1. The molecule has 0 amide bonds. The Morgan fingerprint density at radius 2 is 1.84 bits per heavy atom. The van der Waals surface area contributed by atoms with E-state index in [1.54, 1.807) is 24.3 Å². The fraction of sp³-hybridized carbons (Fsp3) is 0.571. The van der Waals surface area contributed by atoms with Crippen LogP contribution in [0, 0.1) is 11.3 Å². The molecule has 104 valence electrons. The zero-order valence-electron chi connectivity index (χ0n) is 10.9. The Balaban J connectivity index is 1.58. The van der Waals surface area contributed by atoms with Crippen molar-refractivity contribution in [3.05, 3.63) is 29.8 Å². The van der Waals surface area contributed by atoms with Crippen LogP contribution < -0.4 is 10.5 Å². The van der Waals surface area contributed by atoms with Crippen LogP contribution in [-0.2, 0) is 15.8 Å². The van der Waals surface area contributed by atoms with Gasteiger partial charge in [0.15, 0.2) is 0 Å². The SMILES string of the molecule is Nc1ccc(CS(=O)(=O)NCC2(C3CC3)CC2)cc1. The van der Waals surface area contributed by atoms with E-state index in [-0.39, 0.29) is 5.75 Å². The molecule has 2 fully saturated rings. The highest BCUT2D eigenvalue weighted by Gasteiger charge is 2.53. The molecule has 0 aliphatic heterocycles. The third-order valence-corrected chi connectivity index (χ3v) is 5.61. The highest BCUT2D eigenvalue weighted by Crippen LogP contribution is 2.60. The Hall–Kier alpha value is -1.07. The topological polar surface area (TPSA) is 72.2 Å². The van der Waals surface area contributed by atoms with Gasteiger partial charge >= 0.3 is 0 Å². The normalized spacial score (nSPS) is 21.3. The van der Waals surface area contributed by atoms with E-state index in [0.717, 1.165) is 11.5 Å². The first-order chi connectivity index (χ1) is 8.99. The van der Waals surface area contributed by atoms with Crippen molar-refractivity contribution in [2.45, 2.75) is 31.4 Å². The minimum atomic E-state index is -3.24. The molecule has 0 bridgehead atoms. The lowest BCUT2D eigenvalue weighted by atomic mass is 10.0. The van der Waals surface area contributed by atoms with Crippen LogP contribution in [0.1, 0.15) is 31.2 Å². The van der Waals surface area contributed by atoms with E-state index in [2.05, 4.69) is 4.72 Å². The maximum Gasteiger partial charge on any atom is 0.215 e. The fourth-order valence-electron chi connectivity index (χ4n) is 2.72. The average molecular weight is 280 g/mol. The maximum absolute atomic E-state index is 12.1. The molecule has 2 saturated carbocycles. The molecule has 2 aliphatic rings. The van der Waals surface area contributed by atoms with Gasteiger partial charge in [0.25, 0.3) is 0 Å². The minimum Gasteiger partial charge on any atom is -0.399 e. The molecule has 0 spiro atoms. The Morgan fingerprint density at radius 1 is 1.21 bits per heavy atom. The van der Waals surface area contributed by atoms with Gasteiger partial charge in [-0.25, -0.2) is 13.1 Å². The number of anilines is 1. The van der Waals surface area contributed by atoms with Crippen molar-refractivity contribution in [2.24, 2.45) is 11.3 Å². The molecular weight excluding hydrogens is 260 g/mol. The highest BCUT2D eigenvalue weighted by molar-refractivity contribution is 7.88. The van der Waals surface area contributed by atoms with Crippen molar-refractivity contribution in [3.8, 4) is 0 Å². The van der Waals surface area contributed by atoms with Crippen LogP contribution in [0.2, 0.25) is 0 Å². The Bertz CT molecular complexity index is 558. The number of nitrogens with one attached hydrogen (secondary N) is 1. The van der Waals surface area contributed by atoms with Crippen molar-refractivity contribution in [1.82, 2.24) is 4.72 Å². The van der Waals surface area contributed by atoms with Crippen molar-refractivity contribution in [1.29, 1.82) is 0 Å². The predicted octanol–water partition coefficient (Wildman–Crippen LogP) is 1.88. The third kappa shape index (κ3) is 3.09.